The van der Waals surface area contributed by atoms with Crippen molar-refractivity contribution < 1.29 is 19.1 Å². The summed E-state index contributed by atoms with van der Waals surface area (Å²) in [4.78, 5) is 23.5. The number of carbonyl (C=O) groups excluding carboxylic acids is 2. The molecule has 0 saturated heterocycles. The van der Waals surface area contributed by atoms with Gasteiger partial charge >= 0.3 is 6.09 Å². The molecular weight excluding hydrogens is 341 g/mol. The molecule has 23 heavy (non-hydrogen) atoms. The molecule has 0 heterocycles. The van der Waals surface area contributed by atoms with E-state index in [1.54, 1.807) is 25.1 Å². The molecule has 0 aliphatic heterocycles. The lowest BCUT2D eigenvalue weighted by Gasteiger charge is -2.16. The van der Waals surface area contributed by atoms with Crippen LogP contribution in [0.1, 0.15) is 18.9 Å². The van der Waals surface area contributed by atoms with Crippen LogP contribution in [0.2, 0.25) is 10.0 Å². The lowest BCUT2D eigenvalue weighted by Crippen LogP contribution is -2.42. The third kappa shape index (κ3) is 6.60. The number of halogens is 2. The molecule has 1 amide bonds. The predicted molar refractivity (Wildman–Crippen MR) is 89.9 cm³/mol. The summed E-state index contributed by atoms with van der Waals surface area (Å²) in [7, 11) is 0. The Kier molecular flexibility index (Phi) is 8.69. The highest BCUT2D eigenvalue weighted by Gasteiger charge is 2.19. The van der Waals surface area contributed by atoms with Crippen LogP contribution in [0.25, 0.3) is 0 Å². The van der Waals surface area contributed by atoms with E-state index in [1.807, 2.05) is 0 Å². The van der Waals surface area contributed by atoms with E-state index in [4.69, 9.17) is 32.7 Å². The fraction of sp³-hybridized carbons (Fsp3) is 0.375. The summed E-state index contributed by atoms with van der Waals surface area (Å²) in [5.74, 6) is -0.258. The lowest BCUT2D eigenvalue weighted by molar-refractivity contribution is -0.126. The van der Waals surface area contributed by atoms with Crippen molar-refractivity contribution in [3.05, 3.63) is 46.5 Å². The number of Topliss-reactive ketones (excluding diaryl/α,β-unsaturated/α-hetero) is 1. The highest BCUT2D eigenvalue weighted by molar-refractivity contribution is 6.35. The fourth-order valence-electron chi connectivity index (χ4n) is 1.75. The molecule has 0 aliphatic rings. The van der Waals surface area contributed by atoms with Crippen LogP contribution in [0.15, 0.2) is 30.9 Å². The molecule has 0 spiro atoms. The van der Waals surface area contributed by atoms with Crippen molar-refractivity contribution in [2.24, 2.45) is 0 Å². The van der Waals surface area contributed by atoms with Gasteiger partial charge in [-0.2, -0.15) is 0 Å². The zero-order valence-electron chi connectivity index (χ0n) is 12.8. The first-order valence-electron chi connectivity index (χ1n) is 7.07. The second kappa shape index (κ2) is 10.3. The summed E-state index contributed by atoms with van der Waals surface area (Å²) < 4.78 is 10.1. The molecule has 126 valence electrons. The molecule has 1 rings (SSSR count). The smallest absolute Gasteiger partial charge is 0.408 e. The molecule has 0 bridgehead atoms. The number of amides is 1. The van der Waals surface area contributed by atoms with Gasteiger partial charge in [0.05, 0.1) is 12.6 Å². The van der Waals surface area contributed by atoms with Crippen LogP contribution in [-0.2, 0) is 20.9 Å². The largest absolute Gasteiger partial charge is 0.445 e. The van der Waals surface area contributed by atoms with Gasteiger partial charge in [0.2, 0.25) is 0 Å². The normalized spacial score (nSPS) is 11.6. The molecule has 5 nitrogen and oxygen atoms in total. The van der Waals surface area contributed by atoms with Crippen molar-refractivity contribution in [1.29, 1.82) is 0 Å². The maximum Gasteiger partial charge on any atom is 0.408 e. The van der Waals surface area contributed by atoms with E-state index in [9.17, 15) is 9.59 Å². The van der Waals surface area contributed by atoms with Crippen LogP contribution in [0, 0.1) is 0 Å². The molecule has 0 fully saturated rings. The monoisotopic (exact) mass is 359 g/mol. The third-order valence-corrected chi connectivity index (χ3v) is 3.68. The van der Waals surface area contributed by atoms with Gasteiger partial charge in [0.25, 0.3) is 0 Å². The average Bonchev–Trinajstić information content (AvgIpc) is 2.53. The number of rotatable bonds is 9. The van der Waals surface area contributed by atoms with E-state index in [-0.39, 0.29) is 25.6 Å². The second-order valence-electron chi connectivity index (χ2n) is 4.65. The van der Waals surface area contributed by atoms with E-state index < -0.39 is 12.1 Å². The van der Waals surface area contributed by atoms with Gasteiger partial charge in [-0.1, -0.05) is 48.8 Å². The van der Waals surface area contributed by atoms with Gasteiger partial charge in [-0.25, -0.2) is 4.79 Å². The van der Waals surface area contributed by atoms with Gasteiger partial charge < -0.3 is 14.8 Å². The summed E-state index contributed by atoms with van der Waals surface area (Å²) >= 11 is 12.0. The van der Waals surface area contributed by atoms with Gasteiger partial charge in [0, 0.05) is 15.6 Å². The quantitative estimate of drug-likeness (QED) is 0.681. The average molecular weight is 360 g/mol. The third-order valence-electron chi connectivity index (χ3n) is 2.97. The Balaban J connectivity index is 2.47. The van der Waals surface area contributed by atoms with Crippen LogP contribution in [0.4, 0.5) is 4.79 Å². The minimum absolute atomic E-state index is 0.0813. The Bertz CT molecular complexity index is 543. The SMILES string of the molecule is C=CCOC(=O)N[C@@H](CC)C(=O)COCc1c(Cl)cccc1Cl. The summed E-state index contributed by atoms with van der Waals surface area (Å²) in [6.07, 6.45) is 1.20. The molecule has 1 aromatic carbocycles. The number of hydrogen-bond acceptors (Lipinski definition) is 4. The Labute approximate surface area is 145 Å². The summed E-state index contributed by atoms with van der Waals surface area (Å²) in [5.41, 5.74) is 0.620. The minimum Gasteiger partial charge on any atom is -0.445 e. The van der Waals surface area contributed by atoms with Gasteiger partial charge in [0.15, 0.2) is 5.78 Å². The fourth-order valence-corrected chi connectivity index (χ4v) is 2.26. The number of nitrogens with one attached hydrogen (secondary N) is 1. The molecule has 0 radical (unpaired) electrons. The summed E-state index contributed by atoms with van der Waals surface area (Å²) in [6.45, 7) is 5.25. The highest BCUT2D eigenvalue weighted by atomic mass is 35.5. The molecule has 0 saturated carbocycles. The standard InChI is InChI=1S/C16H19Cl2NO4/c1-3-8-23-16(21)19-14(4-2)15(20)10-22-9-11-12(17)6-5-7-13(11)18/h3,5-7,14H,1,4,8-10H2,2H3,(H,19,21)/t14-/m0/s1. The van der Waals surface area contributed by atoms with Crippen LogP contribution in [0.5, 0.6) is 0 Å². The van der Waals surface area contributed by atoms with Gasteiger partial charge in [0.1, 0.15) is 13.2 Å². The number of ketones is 1. The number of carbonyl (C=O) groups is 2. The molecule has 0 aliphatic carbocycles. The van der Waals surface area contributed by atoms with E-state index in [1.165, 1.54) is 6.08 Å². The molecule has 0 unspecified atom stereocenters. The zero-order chi connectivity index (χ0) is 17.2. The first kappa shape index (κ1) is 19.5. The van der Waals surface area contributed by atoms with Gasteiger partial charge in [-0.3, -0.25) is 4.79 Å². The van der Waals surface area contributed by atoms with Crippen molar-refractivity contribution in [1.82, 2.24) is 5.32 Å². The summed E-state index contributed by atoms with van der Waals surface area (Å²) in [6, 6.07) is 4.44. The van der Waals surface area contributed by atoms with E-state index >= 15 is 0 Å². The Hall–Kier alpha value is -1.56. The predicted octanol–water partition coefficient (Wildman–Crippen LogP) is 3.77. The van der Waals surface area contributed by atoms with Crippen molar-refractivity contribution in [3.8, 4) is 0 Å². The van der Waals surface area contributed by atoms with Crippen molar-refractivity contribution in [2.45, 2.75) is 26.0 Å². The molecule has 0 aromatic heterocycles. The van der Waals surface area contributed by atoms with Crippen LogP contribution in [0.3, 0.4) is 0 Å². The van der Waals surface area contributed by atoms with Crippen LogP contribution < -0.4 is 5.32 Å². The van der Waals surface area contributed by atoms with Crippen molar-refractivity contribution >= 4 is 35.1 Å². The highest BCUT2D eigenvalue weighted by Crippen LogP contribution is 2.24. The van der Waals surface area contributed by atoms with E-state index in [2.05, 4.69) is 11.9 Å². The topological polar surface area (TPSA) is 64.6 Å². The first-order valence-corrected chi connectivity index (χ1v) is 7.82. The van der Waals surface area contributed by atoms with Gasteiger partial charge in [-0.15, -0.1) is 0 Å². The van der Waals surface area contributed by atoms with Gasteiger partial charge in [-0.05, 0) is 18.6 Å². The number of benzene rings is 1. The molecule has 1 aromatic rings. The Morgan fingerprint density at radius 2 is 2.00 bits per heavy atom. The molecule has 1 N–H and O–H groups in total. The number of alkyl carbamates (subject to hydrolysis) is 1. The second-order valence-corrected chi connectivity index (χ2v) is 5.47. The maximum absolute atomic E-state index is 12.1. The van der Waals surface area contributed by atoms with E-state index in [0.29, 0.717) is 22.0 Å². The first-order chi connectivity index (χ1) is 11.0. The Morgan fingerprint density at radius 1 is 1.35 bits per heavy atom. The maximum atomic E-state index is 12.1. The van der Waals surface area contributed by atoms with Crippen molar-refractivity contribution in [3.63, 3.8) is 0 Å². The Morgan fingerprint density at radius 3 is 2.57 bits per heavy atom. The van der Waals surface area contributed by atoms with Crippen LogP contribution >= 0.6 is 23.2 Å². The summed E-state index contributed by atoms with van der Waals surface area (Å²) in [5, 5.41) is 3.43. The van der Waals surface area contributed by atoms with E-state index in [0.717, 1.165) is 0 Å². The number of ether oxygens (including phenoxy) is 2. The number of hydrogen-bond donors (Lipinski definition) is 1. The zero-order valence-corrected chi connectivity index (χ0v) is 14.3. The van der Waals surface area contributed by atoms with Crippen molar-refractivity contribution in [2.75, 3.05) is 13.2 Å². The van der Waals surface area contributed by atoms with Crippen LogP contribution in [-0.4, -0.2) is 31.1 Å². The lowest BCUT2D eigenvalue weighted by atomic mass is 10.1. The minimum atomic E-state index is -0.672. The molecule has 1 atom stereocenters. The molecular formula is C16H19Cl2NO4. The molecule has 7 heteroatoms.